The molecule has 0 aromatic heterocycles. The van der Waals surface area contributed by atoms with Crippen molar-refractivity contribution < 1.29 is 28.0 Å². The number of carboxylic acid groups (broad SMARTS) is 1. The molecule has 0 bridgehead atoms. The summed E-state index contributed by atoms with van der Waals surface area (Å²) in [4.78, 5) is 20.2. The number of benzene rings is 1. The molecule has 10 heteroatoms. The van der Waals surface area contributed by atoms with E-state index in [4.69, 9.17) is 9.84 Å². The summed E-state index contributed by atoms with van der Waals surface area (Å²) in [5, 5.41) is 19.5. The van der Waals surface area contributed by atoms with Crippen molar-refractivity contribution in [3.63, 3.8) is 0 Å². The van der Waals surface area contributed by atoms with Crippen molar-refractivity contribution in [3.05, 3.63) is 28.3 Å². The minimum absolute atomic E-state index is 0.0970. The Morgan fingerprint density at radius 1 is 1.50 bits per heavy atom. The Hall–Kier alpha value is -2.20. The van der Waals surface area contributed by atoms with Crippen molar-refractivity contribution in [1.29, 1.82) is 0 Å². The second-order valence-corrected chi connectivity index (χ2v) is 5.49. The fourth-order valence-electron chi connectivity index (χ4n) is 1.33. The first-order valence-corrected chi connectivity index (χ1v) is 6.75. The number of aliphatic carboxylic acids is 1. The fourth-order valence-corrected chi connectivity index (χ4v) is 2.55. The third-order valence-electron chi connectivity index (χ3n) is 2.36. The molecule has 0 saturated carbocycles. The Balaban J connectivity index is 3.23. The third kappa shape index (κ3) is 3.42. The fraction of sp³-hybridized carbons (Fsp3) is 0.300. The van der Waals surface area contributed by atoms with Gasteiger partial charge in [-0.05, 0) is 19.1 Å². The molecule has 1 atom stereocenters. The van der Waals surface area contributed by atoms with Crippen LogP contribution in [0.2, 0.25) is 0 Å². The minimum Gasteiger partial charge on any atom is -0.490 e. The van der Waals surface area contributed by atoms with Crippen molar-refractivity contribution >= 4 is 21.7 Å². The second kappa shape index (κ2) is 5.84. The maximum Gasteiger partial charge on any atom is 0.321 e. The maximum atomic E-state index is 11.9. The largest absolute Gasteiger partial charge is 0.490 e. The van der Waals surface area contributed by atoms with Gasteiger partial charge in [0, 0.05) is 6.07 Å². The van der Waals surface area contributed by atoms with Crippen LogP contribution >= 0.6 is 0 Å². The van der Waals surface area contributed by atoms with E-state index in [-0.39, 0.29) is 5.75 Å². The smallest absolute Gasteiger partial charge is 0.321 e. The minimum atomic E-state index is -4.18. The lowest BCUT2D eigenvalue weighted by molar-refractivity contribution is -0.386. The average molecular weight is 304 g/mol. The molecule has 1 rings (SSSR count). The van der Waals surface area contributed by atoms with Crippen LogP contribution in [0.5, 0.6) is 5.75 Å². The Kier molecular flexibility index (Phi) is 4.63. The maximum absolute atomic E-state index is 11.9. The molecular weight excluding hydrogens is 292 g/mol. The van der Waals surface area contributed by atoms with Crippen LogP contribution in [-0.2, 0) is 14.8 Å². The van der Waals surface area contributed by atoms with Crippen molar-refractivity contribution in [3.8, 4) is 5.75 Å². The molecule has 0 aliphatic rings. The first-order valence-electron chi connectivity index (χ1n) is 5.26. The molecule has 20 heavy (non-hydrogen) atoms. The highest BCUT2D eigenvalue weighted by atomic mass is 32.2. The van der Waals surface area contributed by atoms with E-state index in [0.29, 0.717) is 0 Å². The summed E-state index contributed by atoms with van der Waals surface area (Å²) >= 11 is 0. The number of nitro benzene ring substituents is 1. The molecule has 0 radical (unpaired) electrons. The molecule has 0 amide bonds. The lowest BCUT2D eigenvalue weighted by Crippen LogP contribution is -2.38. The number of ether oxygens (including phenoxy) is 1. The number of methoxy groups -OCH3 is 1. The summed E-state index contributed by atoms with van der Waals surface area (Å²) < 4.78 is 30.4. The van der Waals surface area contributed by atoms with Crippen LogP contribution in [0.1, 0.15) is 6.92 Å². The number of hydrogen-bond donors (Lipinski definition) is 2. The molecule has 1 aromatic rings. The quantitative estimate of drug-likeness (QED) is 0.571. The highest BCUT2D eigenvalue weighted by Gasteiger charge is 2.25. The van der Waals surface area contributed by atoms with Gasteiger partial charge in [-0.25, -0.2) is 8.42 Å². The molecule has 0 saturated heterocycles. The first kappa shape index (κ1) is 15.9. The van der Waals surface area contributed by atoms with Gasteiger partial charge >= 0.3 is 11.7 Å². The van der Waals surface area contributed by atoms with Gasteiger partial charge in [0.1, 0.15) is 6.04 Å². The number of sulfonamides is 1. The van der Waals surface area contributed by atoms with Gasteiger partial charge in [-0.3, -0.25) is 14.9 Å². The van der Waals surface area contributed by atoms with E-state index in [1.54, 1.807) is 0 Å². The molecule has 0 heterocycles. The molecule has 110 valence electrons. The lowest BCUT2D eigenvalue weighted by atomic mass is 10.3. The number of hydrogen-bond acceptors (Lipinski definition) is 6. The van der Waals surface area contributed by atoms with Crippen molar-refractivity contribution in [2.24, 2.45) is 0 Å². The van der Waals surface area contributed by atoms with E-state index in [1.165, 1.54) is 7.11 Å². The van der Waals surface area contributed by atoms with Crippen LogP contribution in [0.3, 0.4) is 0 Å². The Morgan fingerprint density at radius 3 is 2.55 bits per heavy atom. The molecule has 0 aliphatic heterocycles. The van der Waals surface area contributed by atoms with Gasteiger partial charge in [-0.1, -0.05) is 0 Å². The van der Waals surface area contributed by atoms with Crippen LogP contribution in [-0.4, -0.2) is 37.6 Å². The van der Waals surface area contributed by atoms with E-state index >= 15 is 0 Å². The standard InChI is InChI=1S/C10H12N2O7S/c1-6(10(13)14)11-20(17,18)7-3-4-9(19-2)8(5-7)12(15)16/h3-6,11H,1-2H3,(H,13,14)/t6-/m0/s1. The Bertz CT molecular complexity index is 641. The highest BCUT2D eigenvalue weighted by Crippen LogP contribution is 2.29. The molecule has 0 spiro atoms. The monoisotopic (exact) mass is 304 g/mol. The van der Waals surface area contributed by atoms with Crippen molar-refractivity contribution in [2.75, 3.05) is 7.11 Å². The summed E-state index contributed by atoms with van der Waals surface area (Å²) in [6.07, 6.45) is 0. The van der Waals surface area contributed by atoms with Gasteiger partial charge in [-0.15, -0.1) is 0 Å². The summed E-state index contributed by atoms with van der Waals surface area (Å²) in [6, 6.07) is 1.65. The zero-order chi connectivity index (χ0) is 15.5. The van der Waals surface area contributed by atoms with Crippen molar-refractivity contribution in [1.82, 2.24) is 4.72 Å². The predicted octanol–water partition coefficient (Wildman–Crippen LogP) is 0.355. The van der Waals surface area contributed by atoms with E-state index in [9.17, 15) is 23.3 Å². The predicted molar refractivity (Wildman–Crippen MR) is 67.1 cm³/mol. The number of nitrogens with zero attached hydrogens (tertiary/aromatic N) is 1. The molecule has 0 unspecified atom stereocenters. The van der Waals surface area contributed by atoms with Crippen LogP contribution in [0.15, 0.2) is 23.1 Å². The number of nitro groups is 1. The van der Waals surface area contributed by atoms with Crippen molar-refractivity contribution in [2.45, 2.75) is 17.9 Å². The van der Waals surface area contributed by atoms with Crippen LogP contribution in [0.4, 0.5) is 5.69 Å². The molecule has 0 fully saturated rings. The van der Waals surface area contributed by atoms with Gasteiger partial charge in [0.25, 0.3) is 0 Å². The second-order valence-electron chi connectivity index (χ2n) is 3.77. The van der Waals surface area contributed by atoms with E-state index in [0.717, 1.165) is 25.1 Å². The van der Waals surface area contributed by atoms with E-state index in [1.807, 2.05) is 4.72 Å². The van der Waals surface area contributed by atoms with Gasteiger partial charge < -0.3 is 9.84 Å². The lowest BCUT2D eigenvalue weighted by Gasteiger charge is -2.10. The van der Waals surface area contributed by atoms with Gasteiger partial charge in [0.05, 0.1) is 16.9 Å². The highest BCUT2D eigenvalue weighted by molar-refractivity contribution is 7.89. The summed E-state index contributed by atoms with van der Waals surface area (Å²) in [5.41, 5.74) is -0.529. The van der Waals surface area contributed by atoms with Crippen LogP contribution < -0.4 is 9.46 Å². The normalized spacial score (nSPS) is 12.7. The first-order chi connectivity index (χ1) is 9.19. The Labute approximate surface area is 114 Å². The SMILES string of the molecule is COc1ccc(S(=O)(=O)N[C@@H](C)C(=O)O)cc1[N+](=O)[O-]. The van der Waals surface area contributed by atoms with Crippen LogP contribution in [0.25, 0.3) is 0 Å². The van der Waals surface area contributed by atoms with Gasteiger partial charge in [0.15, 0.2) is 5.75 Å². The summed E-state index contributed by atoms with van der Waals surface area (Å²) in [5.74, 6) is -1.46. The summed E-state index contributed by atoms with van der Waals surface area (Å²) in [6.45, 7) is 1.14. The number of nitrogens with one attached hydrogen (secondary N) is 1. The zero-order valence-corrected chi connectivity index (χ0v) is 11.4. The van der Waals surface area contributed by atoms with Gasteiger partial charge in [-0.2, -0.15) is 4.72 Å². The Morgan fingerprint density at radius 2 is 2.10 bits per heavy atom. The molecule has 2 N–H and O–H groups in total. The number of rotatable bonds is 6. The number of carboxylic acids is 1. The summed E-state index contributed by atoms with van der Waals surface area (Å²) in [7, 11) is -2.97. The van der Waals surface area contributed by atoms with Crippen LogP contribution in [0, 0.1) is 10.1 Å². The zero-order valence-electron chi connectivity index (χ0n) is 10.6. The van der Waals surface area contributed by atoms with E-state index < -0.39 is 37.5 Å². The molecule has 0 aliphatic carbocycles. The molecule has 9 nitrogen and oxygen atoms in total. The number of carbonyl (C=O) groups is 1. The third-order valence-corrected chi connectivity index (χ3v) is 3.90. The average Bonchev–Trinajstić information content (AvgIpc) is 2.37. The molecular formula is C10H12N2O7S. The van der Waals surface area contributed by atoms with Gasteiger partial charge in [0.2, 0.25) is 10.0 Å². The topological polar surface area (TPSA) is 136 Å². The molecule has 1 aromatic carbocycles. The van der Waals surface area contributed by atoms with E-state index in [2.05, 4.69) is 0 Å².